The minimum Gasteiger partial charge on any atom is -0.462 e. The van der Waals surface area contributed by atoms with Crippen LogP contribution in [0.4, 0.5) is 0 Å². The number of nitrogens with two attached hydrogens (primary N) is 1. The molecular formula is C9H12N4O. The minimum atomic E-state index is 0.555. The second kappa shape index (κ2) is 3.63. The summed E-state index contributed by atoms with van der Waals surface area (Å²) in [5.41, 5.74) is 7.22. The molecule has 0 spiro atoms. The van der Waals surface area contributed by atoms with E-state index in [-0.39, 0.29) is 0 Å². The molecule has 0 aromatic carbocycles. The lowest BCUT2D eigenvalue weighted by Crippen LogP contribution is -2.10. The molecule has 0 aliphatic rings. The van der Waals surface area contributed by atoms with E-state index in [1.54, 1.807) is 10.9 Å². The second-order valence-electron chi connectivity index (χ2n) is 3.09. The van der Waals surface area contributed by atoms with Gasteiger partial charge >= 0.3 is 0 Å². The summed E-state index contributed by atoms with van der Waals surface area (Å²) in [7, 11) is 0. The molecule has 2 aromatic rings. The van der Waals surface area contributed by atoms with Crippen molar-refractivity contribution in [2.45, 2.75) is 13.5 Å². The quantitative estimate of drug-likeness (QED) is 0.781. The SMILES string of the molecule is Cc1ccoc1-c1cn(CCN)nn1. The van der Waals surface area contributed by atoms with Crippen molar-refractivity contribution in [2.75, 3.05) is 6.54 Å². The van der Waals surface area contributed by atoms with Crippen molar-refractivity contribution in [3.63, 3.8) is 0 Å². The fourth-order valence-corrected chi connectivity index (χ4v) is 1.28. The molecule has 5 nitrogen and oxygen atoms in total. The van der Waals surface area contributed by atoms with Gasteiger partial charge in [-0.05, 0) is 18.6 Å². The molecule has 0 radical (unpaired) electrons. The Hall–Kier alpha value is -1.62. The Bertz CT molecular complexity index is 418. The average Bonchev–Trinajstić information content (AvgIpc) is 2.74. The van der Waals surface area contributed by atoms with Gasteiger partial charge in [-0.25, -0.2) is 0 Å². The van der Waals surface area contributed by atoms with Crippen LogP contribution in [0.25, 0.3) is 11.5 Å². The monoisotopic (exact) mass is 192 g/mol. The van der Waals surface area contributed by atoms with Gasteiger partial charge in [0.15, 0.2) is 5.76 Å². The molecule has 2 rings (SSSR count). The van der Waals surface area contributed by atoms with Gasteiger partial charge in [0.2, 0.25) is 0 Å². The van der Waals surface area contributed by atoms with E-state index < -0.39 is 0 Å². The first kappa shape index (κ1) is 8.96. The summed E-state index contributed by atoms with van der Waals surface area (Å²) in [6.07, 6.45) is 3.48. The van der Waals surface area contributed by atoms with Crippen LogP contribution in [0.15, 0.2) is 22.9 Å². The lowest BCUT2D eigenvalue weighted by Gasteiger charge is -1.93. The molecular weight excluding hydrogens is 180 g/mol. The summed E-state index contributed by atoms with van der Waals surface area (Å²) in [5.74, 6) is 0.772. The van der Waals surface area contributed by atoms with Crippen LogP contribution in [-0.4, -0.2) is 21.5 Å². The van der Waals surface area contributed by atoms with Gasteiger partial charge in [-0.15, -0.1) is 5.10 Å². The van der Waals surface area contributed by atoms with Gasteiger partial charge in [0.25, 0.3) is 0 Å². The Balaban J connectivity index is 2.29. The van der Waals surface area contributed by atoms with E-state index in [0.717, 1.165) is 17.0 Å². The summed E-state index contributed by atoms with van der Waals surface area (Å²) in [6, 6.07) is 1.90. The molecule has 0 aliphatic carbocycles. The maximum Gasteiger partial charge on any atom is 0.158 e. The maximum atomic E-state index is 5.41. The minimum absolute atomic E-state index is 0.555. The molecule has 0 bridgehead atoms. The van der Waals surface area contributed by atoms with E-state index >= 15 is 0 Å². The number of aryl methyl sites for hydroxylation is 1. The van der Waals surface area contributed by atoms with E-state index in [9.17, 15) is 0 Å². The van der Waals surface area contributed by atoms with E-state index in [2.05, 4.69) is 10.3 Å². The highest BCUT2D eigenvalue weighted by Crippen LogP contribution is 2.21. The number of furan rings is 1. The zero-order valence-electron chi connectivity index (χ0n) is 7.97. The lowest BCUT2D eigenvalue weighted by atomic mass is 10.2. The van der Waals surface area contributed by atoms with Crippen LogP contribution in [0.5, 0.6) is 0 Å². The van der Waals surface area contributed by atoms with E-state index in [1.165, 1.54) is 0 Å². The summed E-state index contributed by atoms with van der Waals surface area (Å²) >= 11 is 0. The smallest absolute Gasteiger partial charge is 0.158 e. The molecule has 74 valence electrons. The average molecular weight is 192 g/mol. The number of rotatable bonds is 3. The molecule has 0 amide bonds. The highest BCUT2D eigenvalue weighted by Gasteiger charge is 2.09. The molecule has 0 saturated heterocycles. The van der Waals surface area contributed by atoms with Crippen LogP contribution < -0.4 is 5.73 Å². The number of hydrogen-bond donors (Lipinski definition) is 1. The normalized spacial score (nSPS) is 10.7. The second-order valence-corrected chi connectivity index (χ2v) is 3.09. The van der Waals surface area contributed by atoms with Gasteiger partial charge in [0, 0.05) is 6.54 Å². The molecule has 0 aliphatic heterocycles. The highest BCUT2D eigenvalue weighted by atomic mass is 16.3. The third-order valence-corrected chi connectivity index (χ3v) is 1.99. The van der Waals surface area contributed by atoms with Crippen LogP contribution in [0.2, 0.25) is 0 Å². The summed E-state index contributed by atoms with van der Waals surface area (Å²) in [6.45, 7) is 3.20. The Kier molecular flexibility index (Phi) is 2.32. The predicted molar refractivity (Wildman–Crippen MR) is 51.5 cm³/mol. The highest BCUT2D eigenvalue weighted by molar-refractivity contribution is 5.54. The zero-order chi connectivity index (χ0) is 9.97. The van der Waals surface area contributed by atoms with Crippen molar-refractivity contribution < 1.29 is 4.42 Å². The van der Waals surface area contributed by atoms with Gasteiger partial charge < -0.3 is 10.2 Å². The molecule has 5 heteroatoms. The summed E-state index contributed by atoms with van der Waals surface area (Å²) in [4.78, 5) is 0. The zero-order valence-corrected chi connectivity index (χ0v) is 7.97. The van der Waals surface area contributed by atoms with Crippen LogP contribution in [0, 0.1) is 6.92 Å². The van der Waals surface area contributed by atoms with Gasteiger partial charge in [-0.1, -0.05) is 5.21 Å². The molecule has 2 heterocycles. The van der Waals surface area contributed by atoms with E-state index in [0.29, 0.717) is 13.1 Å². The van der Waals surface area contributed by atoms with Crippen molar-refractivity contribution in [3.05, 3.63) is 24.1 Å². The van der Waals surface area contributed by atoms with Crippen molar-refractivity contribution in [3.8, 4) is 11.5 Å². The van der Waals surface area contributed by atoms with E-state index in [1.807, 2.05) is 19.2 Å². The van der Waals surface area contributed by atoms with E-state index in [4.69, 9.17) is 10.2 Å². The van der Waals surface area contributed by atoms with Gasteiger partial charge in [-0.2, -0.15) is 0 Å². The fraction of sp³-hybridized carbons (Fsp3) is 0.333. The summed E-state index contributed by atoms with van der Waals surface area (Å²) < 4.78 is 7.00. The van der Waals surface area contributed by atoms with Gasteiger partial charge in [0.1, 0.15) is 5.69 Å². The Morgan fingerprint density at radius 1 is 1.57 bits per heavy atom. The first-order chi connectivity index (χ1) is 6.81. The van der Waals surface area contributed by atoms with Crippen LogP contribution in [0.3, 0.4) is 0 Å². The van der Waals surface area contributed by atoms with Crippen LogP contribution >= 0.6 is 0 Å². The number of hydrogen-bond acceptors (Lipinski definition) is 4. The molecule has 0 saturated carbocycles. The molecule has 0 unspecified atom stereocenters. The standard InChI is InChI=1S/C9H12N4O/c1-7-2-5-14-9(7)8-6-13(4-3-10)12-11-8/h2,5-6H,3-4,10H2,1H3. The number of aromatic nitrogens is 3. The van der Waals surface area contributed by atoms with Crippen molar-refractivity contribution in [2.24, 2.45) is 5.73 Å². The third kappa shape index (κ3) is 1.54. The molecule has 14 heavy (non-hydrogen) atoms. The third-order valence-electron chi connectivity index (χ3n) is 1.99. The Morgan fingerprint density at radius 2 is 2.43 bits per heavy atom. The molecule has 2 aromatic heterocycles. The lowest BCUT2D eigenvalue weighted by molar-refractivity contribution is 0.578. The Morgan fingerprint density at radius 3 is 3.07 bits per heavy atom. The first-order valence-electron chi connectivity index (χ1n) is 4.46. The van der Waals surface area contributed by atoms with Crippen molar-refractivity contribution in [1.82, 2.24) is 15.0 Å². The van der Waals surface area contributed by atoms with Gasteiger partial charge in [-0.3, -0.25) is 4.68 Å². The number of nitrogens with zero attached hydrogens (tertiary/aromatic N) is 3. The largest absolute Gasteiger partial charge is 0.462 e. The first-order valence-corrected chi connectivity index (χ1v) is 4.46. The van der Waals surface area contributed by atoms with Crippen LogP contribution in [-0.2, 0) is 6.54 Å². The van der Waals surface area contributed by atoms with Crippen molar-refractivity contribution >= 4 is 0 Å². The maximum absolute atomic E-state index is 5.41. The molecule has 0 atom stereocenters. The molecule has 0 fully saturated rings. The van der Waals surface area contributed by atoms with Crippen molar-refractivity contribution in [1.29, 1.82) is 0 Å². The molecule has 2 N–H and O–H groups in total. The Labute approximate surface area is 81.5 Å². The van der Waals surface area contributed by atoms with Crippen LogP contribution in [0.1, 0.15) is 5.56 Å². The topological polar surface area (TPSA) is 69.9 Å². The predicted octanol–water partition coefficient (Wildman–Crippen LogP) is 0.805. The van der Waals surface area contributed by atoms with Gasteiger partial charge in [0.05, 0.1) is 19.0 Å². The fourth-order valence-electron chi connectivity index (χ4n) is 1.28. The summed E-state index contributed by atoms with van der Waals surface area (Å²) in [5, 5.41) is 7.93.